The molecule has 0 amide bonds. The Bertz CT molecular complexity index is 1150. The molecule has 4 rings (SSSR count). The third-order valence-corrected chi connectivity index (χ3v) is 5.43. The Morgan fingerprint density at radius 3 is 2.74 bits per heavy atom. The quantitative estimate of drug-likeness (QED) is 0.412. The minimum Gasteiger partial charge on any atom is -0.397 e. The molecular formula is C22H27N9. The van der Waals surface area contributed by atoms with Crippen LogP contribution in [0.25, 0.3) is 22.5 Å². The molecular weight excluding hydrogens is 390 g/mol. The summed E-state index contributed by atoms with van der Waals surface area (Å²) in [6, 6.07) is 6.27. The summed E-state index contributed by atoms with van der Waals surface area (Å²) in [5.41, 5.74) is 9.72. The summed E-state index contributed by atoms with van der Waals surface area (Å²) < 4.78 is 1.65. The van der Waals surface area contributed by atoms with Crippen molar-refractivity contribution < 1.29 is 0 Å². The molecule has 1 aliphatic carbocycles. The molecule has 3 aromatic heterocycles. The fourth-order valence-electron chi connectivity index (χ4n) is 3.91. The first-order valence-electron chi connectivity index (χ1n) is 10.5. The van der Waals surface area contributed by atoms with Crippen LogP contribution in [0.1, 0.15) is 50.7 Å². The number of nitriles is 1. The van der Waals surface area contributed by atoms with Gasteiger partial charge in [-0.2, -0.15) is 15.0 Å². The molecule has 0 spiro atoms. The van der Waals surface area contributed by atoms with Gasteiger partial charge in [0.25, 0.3) is 0 Å². The number of nitrogens with one attached hydrogen (secondary N) is 1. The second-order valence-electron chi connectivity index (χ2n) is 8.16. The third-order valence-electron chi connectivity index (χ3n) is 5.43. The van der Waals surface area contributed by atoms with Gasteiger partial charge in [0.15, 0.2) is 11.5 Å². The maximum Gasteiger partial charge on any atom is 0.164 e. The van der Waals surface area contributed by atoms with Crippen LogP contribution >= 0.6 is 0 Å². The number of anilines is 1. The van der Waals surface area contributed by atoms with E-state index in [-0.39, 0.29) is 6.04 Å². The van der Waals surface area contributed by atoms with E-state index >= 15 is 0 Å². The van der Waals surface area contributed by atoms with Gasteiger partial charge in [-0.25, -0.2) is 15.8 Å². The molecule has 3 aromatic rings. The molecule has 1 aliphatic rings. The number of hydrogen-bond donors (Lipinski definition) is 3. The Morgan fingerprint density at radius 1 is 1.26 bits per heavy atom. The standard InChI is InChI=1S/C22H27N9/c1-14(2)29-20-8-21(31-22-16(11-28-31)7-15(9-23)10-27-22)26-12-18(20)19(24)13-30(25)17-5-3-4-6-17/h7-8,10-14,17H,3-6,24-25H2,1-2H3,(H,26,29)/b19-13-. The van der Waals surface area contributed by atoms with Crippen LogP contribution in [0.2, 0.25) is 0 Å². The molecule has 0 radical (unpaired) electrons. The molecule has 0 bridgehead atoms. The Kier molecular flexibility index (Phi) is 5.73. The SMILES string of the molecule is CC(C)Nc1cc(-n2ncc3cc(C#N)cnc32)ncc1/C(N)=C/N(N)C1CCCC1. The number of hydrogen-bond acceptors (Lipinski definition) is 8. The number of pyridine rings is 2. The summed E-state index contributed by atoms with van der Waals surface area (Å²) in [5.74, 6) is 6.86. The number of rotatable bonds is 6. The molecule has 0 saturated heterocycles. The molecule has 9 nitrogen and oxygen atoms in total. The second-order valence-corrected chi connectivity index (χ2v) is 8.16. The molecule has 3 heterocycles. The summed E-state index contributed by atoms with van der Waals surface area (Å²) in [6.07, 6.45) is 11.3. The number of aromatic nitrogens is 4. The summed E-state index contributed by atoms with van der Waals surface area (Å²) in [6.45, 7) is 4.12. The van der Waals surface area contributed by atoms with Gasteiger partial charge in [-0.15, -0.1) is 0 Å². The van der Waals surface area contributed by atoms with Crippen LogP contribution < -0.4 is 16.9 Å². The van der Waals surface area contributed by atoms with E-state index in [4.69, 9.17) is 16.8 Å². The van der Waals surface area contributed by atoms with E-state index in [0.717, 1.165) is 29.5 Å². The topological polar surface area (TPSA) is 135 Å². The van der Waals surface area contributed by atoms with Gasteiger partial charge in [-0.1, -0.05) is 12.8 Å². The van der Waals surface area contributed by atoms with Crippen LogP contribution in [0, 0.1) is 11.3 Å². The largest absolute Gasteiger partial charge is 0.397 e. The first-order chi connectivity index (χ1) is 15.0. The normalized spacial score (nSPS) is 14.9. The molecule has 5 N–H and O–H groups in total. The van der Waals surface area contributed by atoms with Crippen LogP contribution in [0.15, 0.2) is 36.9 Å². The molecule has 0 unspecified atom stereocenters. The molecule has 1 saturated carbocycles. The van der Waals surface area contributed by atoms with Crippen molar-refractivity contribution in [1.82, 2.24) is 24.8 Å². The highest BCUT2D eigenvalue weighted by Crippen LogP contribution is 2.27. The molecule has 160 valence electrons. The van der Waals surface area contributed by atoms with Crippen LogP contribution in [-0.4, -0.2) is 36.8 Å². The lowest BCUT2D eigenvalue weighted by Crippen LogP contribution is -2.35. The van der Waals surface area contributed by atoms with Crippen molar-refractivity contribution in [2.45, 2.75) is 51.6 Å². The zero-order valence-electron chi connectivity index (χ0n) is 17.8. The van der Waals surface area contributed by atoms with E-state index in [1.54, 1.807) is 34.4 Å². The summed E-state index contributed by atoms with van der Waals surface area (Å²) in [4.78, 5) is 8.96. The van der Waals surface area contributed by atoms with E-state index in [1.165, 1.54) is 19.0 Å². The van der Waals surface area contributed by atoms with E-state index in [1.807, 2.05) is 6.07 Å². The lowest BCUT2D eigenvalue weighted by Gasteiger charge is -2.23. The van der Waals surface area contributed by atoms with Crippen LogP contribution in [0.4, 0.5) is 5.69 Å². The average Bonchev–Trinajstić information content (AvgIpc) is 3.42. The van der Waals surface area contributed by atoms with Crippen molar-refractivity contribution in [3.05, 3.63) is 48.1 Å². The van der Waals surface area contributed by atoms with E-state index < -0.39 is 0 Å². The maximum atomic E-state index is 9.09. The Balaban J connectivity index is 1.71. The van der Waals surface area contributed by atoms with Crippen molar-refractivity contribution in [1.29, 1.82) is 5.26 Å². The van der Waals surface area contributed by atoms with Gasteiger partial charge in [-0.05, 0) is 32.8 Å². The number of nitrogens with two attached hydrogens (primary N) is 2. The van der Waals surface area contributed by atoms with Gasteiger partial charge in [0.1, 0.15) is 6.07 Å². The van der Waals surface area contributed by atoms with Crippen molar-refractivity contribution in [2.24, 2.45) is 11.6 Å². The van der Waals surface area contributed by atoms with E-state index in [9.17, 15) is 0 Å². The summed E-state index contributed by atoms with van der Waals surface area (Å²) in [7, 11) is 0. The molecule has 9 heteroatoms. The van der Waals surface area contributed by atoms with Crippen molar-refractivity contribution in [3.8, 4) is 11.9 Å². The number of nitrogens with zero attached hydrogens (tertiary/aromatic N) is 6. The van der Waals surface area contributed by atoms with Gasteiger partial charge in [0, 0.05) is 53.4 Å². The molecule has 0 aliphatic heterocycles. The Labute approximate surface area is 181 Å². The zero-order chi connectivity index (χ0) is 22.0. The third kappa shape index (κ3) is 4.29. The highest BCUT2D eigenvalue weighted by atomic mass is 15.4. The first kappa shape index (κ1) is 20.6. The highest BCUT2D eigenvalue weighted by molar-refractivity contribution is 5.79. The predicted octanol–water partition coefficient (Wildman–Crippen LogP) is 2.88. The fraction of sp³-hybridized carbons (Fsp3) is 0.364. The first-order valence-corrected chi connectivity index (χ1v) is 10.5. The van der Waals surface area contributed by atoms with Gasteiger partial charge in [-0.3, -0.25) is 0 Å². The van der Waals surface area contributed by atoms with Gasteiger partial charge >= 0.3 is 0 Å². The number of fused-ring (bicyclic) bond motifs is 1. The van der Waals surface area contributed by atoms with Gasteiger partial charge < -0.3 is 16.1 Å². The Hall–Kier alpha value is -3.64. The lowest BCUT2D eigenvalue weighted by molar-refractivity contribution is 0.289. The summed E-state index contributed by atoms with van der Waals surface area (Å²) >= 11 is 0. The molecule has 31 heavy (non-hydrogen) atoms. The van der Waals surface area contributed by atoms with Crippen LogP contribution in [-0.2, 0) is 0 Å². The lowest BCUT2D eigenvalue weighted by atomic mass is 10.1. The second kappa shape index (κ2) is 8.62. The van der Waals surface area contributed by atoms with Crippen LogP contribution in [0.3, 0.4) is 0 Å². The van der Waals surface area contributed by atoms with Crippen molar-refractivity contribution in [2.75, 3.05) is 5.32 Å². The van der Waals surface area contributed by atoms with Crippen molar-refractivity contribution in [3.63, 3.8) is 0 Å². The van der Waals surface area contributed by atoms with Crippen LogP contribution in [0.5, 0.6) is 0 Å². The van der Waals surface area contributed by atoms with E-state index in [0.29, 0.717) is 28.8 Å². The Morgan fingerprint density at radius 2 is 2.03 bits per heavy atom. The monoisotopic (exact) mass is 417 g/mol. The smallest absolute Gasteiger partial charge is 0.164 e. The summed E-state index contributed by atoms with van der Waals surface area (Å²) in [5, 5.41) is 19.5. The van der Waals surface area contributed by atoms with E-state index in [2.05, 4.69) is 40.3 Å². The predicted molar refractivity (Wildman–Crippen MR) is 121 cm³/mol. The minimum atomic E-state index is 0.191. The maximum absolute atomic E-state index is 9.09. The fourth-order valence-corrected chi connectivity index (χ4v) is 3.91. The number of hydrazine groups is 1. The molecule has 0 atom stereocenters. The molecule has 1 fully saturated rings. The highest BCUT2D eigenvalue weighted by Gasteiger charge is 2.19. The molecule has 0 aromatic carbocycles. The average molecular weight is 418 g/mol. The van der Waals surface area contributed by atoms with Crippen molar-refractivity contribution >= 4 is 22.4 Å². The zero-order valence-corrected chi connectivity index (χ0v) is 17.8. The van der Waals surface area contributed by atoms with Gasteiger partial charge in [0.2, 0.25) is 0 Å². The van der Waals surface area contributed by atoms with Gasteiger partial charge in [0.05, 0.1) is 17.5 Å². The minimum absolute atomic E-state index is 0.191.